The fourth-order valence-corrected chi connectivity index (χ4v) is 4.51. The summed E-state index contributed by atoms with van der Waals surface area (Å²) in [5.41, 5.74) is 5.58. The van der Waals surface area contributed by atoms with Crippen molar-refractivity contribution in [2.24, 2.45) is 5.92 Å². The highest BCUT2D eigenvalue weighted by Gasteiger charge is 2.29. The van der Waals surface area contributed by atoms with Crippen LogP contribution < -0.4 is 5.32 Å². The van der Waals surface area contributed by atoms with Crippen LogP contribution in [0.4, 0.5) is 5.69 Å². The summed E-state index contributed by atoms with van der Waals surface area (Å²) in [7, 11) is 0. The van der Waals surface area contributed by atoms with E-state index >= 15 is 0 Å². The number of likely N-dealkylation sites (tertiary alicyclic amines) is 1. The minimum Gasteiger partial charge on any atom is -0.326 e. The number of carbonyl (C=O) groups is 1. The second-order valence-electron chi connectivity index (χ2n) is 9.70. The Balaban J connectivity index is 0.000000186. The van der Waals surface area contributed by atoms with Crippen molar-refractivity contribution in [2.75, 3.05) is 18.4 Å². The monoisotopic (exact) mass is 478 g/mol. The van der Waals surface area contributed by atoms with E-state index in [4.69, 9.17) is 0 Å². The van der Waals surface area contributed by atoms with Gasteiger partial charge in [-0.1, -0.05) is 73.2 Å². The zero-order chi connectivity index (χ0) is 24.6. The van der Waals surface area contributed by atoms with Crippen molar-refractivity contribution < 1.29 is 4.79 Å². The van der Waals surface area contributed by atoms with Gasteiger partial charge in [-0.2, -0.15) is 5.10 Å². The molecule has 1 saturated heterocycles. The van der Waals surface area contributed by atoms with E-state index in [0.717, 1.165) is 41.7 Å². The van der Waals surface area contributed by atoms with Crippen LogP contribution in [-0.2, 0) is 11.3 Å². The summed E-state index contributed by atoms with van der Waals surface area (Å²) in [5.74, 6) is 0.450. The highest BCUT2D eigenvalue weighted by molar-refractivity contribution is 5.94. The van der Waals surface area contributed by atoms with Crippen LogP contribution >= 0.6 is 0 Å². The average molecular weight is 479 g/mol. The van der Waals surface area contributed by atoms with Gasteiger partial charge in [0.1, 0.15) is 0 Å². The molecule has 6 rings (SSSR count). The van der Waals surface area contributed by atoms with Gasteiger partial charge in [-0.3, -0.25) is 14.8 Å². The summed E-state index contributed by atoms with van der Waals surface area (Å²) < 4.78 is 0. The molecule has 2 fully saturated rings. The summed E-state index contributed by atoms with van der Waals surface area (Å²) in [6.07, 6.45) is 10.4. The number of aromatic nitrogens is 2. The van der Waals surface area contributed by atoms with E-state index in [9.17, 15) is 4.79 Å². The third-order valence-corrected chi connectivity index (χ3v) is 6.76. The maximum absolute atomic E-state index is 11.3. The van der Waals surface area contributed by atoms with Gasteiger partial charge in [-0.15, -0.1) is 0 Å². The normalized spacial score (nSPS) is 16.0. The molecule has 0 spiro atoms. The number of H-pyrrole nitrogens is 1. The largest absolute Gasteiger partial charge is 0.326 e. The number of piperidine rings is 1. The van der Waals surface area contributed by atoms with Crippen molar-refractivity contribution in [3.8, 4) is 0 Å². The Bertz CT molecular complexity index is 1280. The number of anilines is 1. The lowest BCUT2D eigenvalue weighted by Gasteiger charge is -2.26. The van der Waals surface area contributed by atoms with Crippen LogP contribution in [0.1, 0.15) is 48.9 Å². The molecule has 2 N–H and O–H groups in total. The summed E-state index contributed by atoms with van der Waals surface area (Å²) in [4.78, 5) is 13.8. The van der Waals surface area contributed by atoms with Crippen molar-refractivity contribution >= 4 is 34.6 Å². The minimum absolute atomic E-state index is 0.168. The van der Waals surface area contributed by atoms with Crippen molar-refractivity contribution in [1.82, 2.24) is 15.1 Å². The first-order chi connectivity index (χ1) is 17.7. The van der Waals surface area contributed by atoms with E-state index < -0.39 is 0 Å². The smallest absolute Gasteiger partial charge is 0.227 e. The van der Waals surface area contributed by atoms with Crippen LogP contribution in [0.25, 0.3) is 23.1 Å². The molecule has 3 aromatic carbocycles. The van der Waals surface area contributed by atoms with Gasteiger partial charge in [-0.05, 0) is 74.2 Å². The molecule has 5 heteroatoms. The zero-order valence-electron chi connectivity index (χ0n) is 20.7. The van der Waals surface area contributed by atoms with E-state index in [0.29, 0.717) is 0 Å². The van der Waals surface area contributed by atoms with Gasteiger partial charge in [0.2, 0.25) is 5.91 Å². The molecule has 1 aliphatic carbocycles. The van der Waals surface area contributed by atoms with Crippen LogP contribution in [0.5, 0.6) is 0 Å². The molecule has 0 radical (unpaired) electrons. The van der Waals surface area contributed by atoms with E-state index in [1.54, 1.807) is 0 Å². The van der Waals surface area contributed by atoms with E-state index in [-0.39, 0.29) is 11.8 Å². The molecule has 1 saturated carbocycles. The van der Waals surface area contributed by atoms with Crippen LogP contribution in [-0.4, -0.2) is 34.1 Å². The van der Waals surface area contributed by atoms with Crippen molar-refractivity contribution in [3.63, 3.8) is 0 Å². The van der Waals surface area contributed by atoms with Crippen LogP contribution in [0.3, 0.4) is 0 Å². The van der Waals surface area contributed by atoms with Gasteiger partial charge in [0.25, 0.3) is 0 Å². The number of fused-ring (bicyclic) bond motifs is 1. The lowest BCUT2D eigenvalue weighted by molar-refractivity contribution is -0.117. The van der Waals surface area contributed by atoms with Gasteiger partial charge < -0.3 is 5.32 Å². The Labute approximate surface area is 213 Å². The molecule has 5 nitrogen and oxygen atoms in total. The van der Waals surface area contributed by atoms with Crippen molar-refractivity contribution in [2.45, 2.75) is 38.6 Å². The Morgan fingerprint density at radius 1 is 0.889 bits per heavy atom. The summed E-state index contributed by atoms with van der Waals surface area (Å²) in [6, 6.07) is 26.7. The molecule has 1 aromatic heterocycles. The van der Waals surface area contributed by atoms with E-state index in [1.165, 1.54) is 43.5 Å². The Hall–Kier alpha value is -3.70. The quantitative estimate of drug-likeness (QED) is 0.322. The van der Waals surface area contributed by atoms with Gasteiger partial charge in [0, 0.05) is 23.5 Å². The number of aromatic amines is 1. The number of rotatable bonds is 6. The number of hydrogen-bond donors (Lipinski definition) is 2. The lowest BCUT2D eigenvalue weighted by atomic mass is 10.1. The SMILES string of the molecule is C(=C\c1n[nH]c2ccccc12)/c1ccc(CN2CCCCC2)cc1.O=C(Nc1ccccc1)C1CC1. The first-order valence-corrected chi connectivity index (χ1v) is 13.0. The van der Waals surface area contributed by atoms with Crippen molar-refractivity contribution in [1.29, 1.82) is 0 Å². The number of benzene rings is 3. The summed E-state index contributed by atoms with van der Waals surface area (Å²) >= 11 is 0. The molecule has 36 heavy (non-hydrogen) atoms. The van der Waals surface area contributed by atoms with E-state index in [1.807, 2.05) is 42.5 Å². The molecule has 2 aliphatic rings. The van der Waals surface area contributed by atoms with Gasteiger partial charge in [0.05, 0.1) is 11.2 Å². The van der Waals surface area contributed by atoms with Crippen LogP contribution in [0.15, 0.2) is 78.9 Å². The number of amides is 1. The predicted octanol–water partition coefficient (Wildman–Crippen LogP) is 6.75. The number of carbonyl (C=O) groups excluding carboxylic acids is 1. The van der Waals surface area contributed by atoms with Gasteiger partial charge in [0.15, 0.2) is 0 Å². The third kappa shape index (κ3) is 6.70. The Kier molecular flexibility index (Phi) is 7.89. The molecule has 1 amide bonds. The fourth-order valence-electron chi connectivity index (χ4n) is 4.51. The second-order valence-corrected chi connectivity index (χ2v) is 9.70. The molecule has 0 unspecified atom stereocenters. The second kappa shape index (κ2) is 11.8. The molecule has 0 bridgehead atoms. The number of hydrogen-bond acceptors (Lipinski definition) is 3. The molecule has 184 valence electrons. The number of para-hydroxylation sites is 2. The maximum Gasteiger partial charge on any atom is 0.227 e. The highest BCUT2D eigenvalue weighted by atomic mass is 16.2. The van der Waals surface area contributed by atoms with Crippen molar-refractivity contribution in [3.05, 3.63) is 95.7 Å². The lowest BCUT2D eigenvalue weighted by Crippen LogP contribution is -2.28. The van der Waals surface area contributed by atoms with Crippen LogP contribution in [0, 0.1) is 5.92 Å². The number of nitrogens with zero attached hydrogens (tertiary/aromatic N) is 2. The topological polar surface area (TPSA) is 61.0 Å². The first-order valence-electron chi connectivity index (χ1n) is 13.0. The third-order valence-electron chi connectivity index (χ3n) is 6.76. The Morgan fingerprint density at radius 3 is 2.36 bits per heavy atom. The molecule has 2 heterocycles. The molecular formula is C31H34N4O. The summed E-state index contributed by atoms with van der Waals surface area (Å²) in [6.45, 7) is 3.57. The van der Waals surface area contributed by atoms with E-state index in [2.05, 4.69) is 69.0 Å². The zero-order valence-corrected chi connectivity index (χ0v) is 20.7. The summed E-state index contributed by atoms with van der Waals surface area (Å²) in [5, 5.41) is 11.5. The standard InChI is InChI=1S/C21H23N3.C10H11NO/c1-4-14-24(15-5-1)16-18-10-8-17(9-11-18)12-13-21-19-6-2-3-7-20(19)22-23-21;12-10(8-6-7-8)11-9-4-2-1-3-5-9/h2-3,6-13H,1,4-5,14-16H2,(H,22,23);1-5,8H,6-7H2,(H,11,12)/b13-12+;. The molecular weight excluding hydrogens is 444 g/mol. The highest BCUT2D eigenvalue weighted by Crippen LogP contribution is 2.30. The first kappa shape index (κ1) is 24.0. The van der Waals surface area contributed by atoms with Gasteiger partial charge in [-0.25, -0.2) is 0 Å². The molecule has 0 atom stereocenters. The Morgan fingerprint density at radius 2 is 1.61 bits per heavy atom. The molecule has 1 aliphatic heterocycles. The van der Waals surface area contributed by atoms with Crippen LogP contribution in [0.2, 0.25) is 0 Å². The predicted molar refractivity (Wildman–Crippen MR) is 148 cm³/mol. The average Bonchev–Trinajstić information content (AvgIpc) is 3.71. The van der Waals surface area contributed by atoms with Gasteiger partial charge >= 0.3 is 0 Å². The fraction of sp³-hybridized carbons (Fsp3) is 0.290. The molecule has 4 aromatic rings. The maximum atomic E-state index is 11.3. The minimum atomic E-state index is 0.168. The number of nitrogens with one attached hydrogen (secondary N) is 2.